The molecule has 1 atom stereocenters. The van der Waals surface area contributed by atoms with E-state index in [9.17, 15) is 14.4 Å². The van der Waals surface area contributed by atoms with E-state index in [1.54, 1.807) is 18.2 Å². The highest BCUT2D eigenvalue weighted by atomic mass is 16.4. The monoisotopic (exact) mass is 250 g/mol. The molecule has 0 saturated carbocycles. The summed E-state index contributed by atoms with van der Waals surface area (Å²) in [6.07, 6.45) is -0.330. The van der Waals surface area contributed by atoms with Crippen LogP contribution in [-0.2, 0) is 9.59 Å². The highest BCUT2D eigenvalue weighted by molar-refractivity contribution is 6.03. The molecule has 0 aliphatic rings. The van der Waals surface area contributed by atoms with Crippen molar-refractivity contribution in [2.24, 2.45) is 0 Å². The van der Waals surface area contributed by atoms with Gasteiger partial charge in [0.15, 0.2) is 5.78 Å². The largest absolute Gasteiger partial charge is 0.480 e. The molecule has 6 heteroatoms. The molecule has 1 aromatic carbocycles. The van der Waals surface area contributed by atoms with Crippen molar-refractivity contribution in [3.8, 4) is 0 Å². The van der Waals surface area contributed by atoms with E-state index in [1.807, 2.05) is 0 Å². The smallest absolute Gasteiger partial charge is 0.326 e. The first-order valence-corrected chi connectivity index (χ1v) is 5.29. The predicted molar refractivity (Wildman–Crippen MR) is 65.0 cm³/mol. The normalized spacial score (nSPS) is 11.6. The van der Waals surface area contributed by atoms with E-state index in [0.29, 0.717) is 0 Å². The number of hydrogen-bond donors (Lipinski definition) is 3. The van der Waals surface area contributed by atoms with Crippen LogP contribution in [0.3, 0.4) is 0 Å². The van der Waals surface area contributed by atoms with Crippen molar-refractivity contribution >= 4 is 23.3 Å². The first-order valence-electron chi connectivity index (χ1n) is 5.29. The Hall–Kier alpha value is -2.37. The molecule has 6 nitrogen and oxygen atoms in total. The van der Waals surface area contributed by atoms with Crippen LogP contribution in [0.15, 0.2) is 24.3 Å². The third-order valence-electron chi connectivity index (χ3n) is 2.33. The van der Waals surface area contributed by atoms with Crippen LogP contribution in [0, 0.1) is 0 Å². The minimum Gasteiger partial charge on any atom is -0.480 e. The quantitative estimate of drug-likeness (QED) is 0.518. The Labute approximate surface area is 104 Å². The fourth-order valence-electron chi connectivity index (χ4n) is 1.49. The Morgan fingerprint density at radius 1 is 1.33 bits per heavy atom. The van der Waals surface area contributed by atoms with E-state index in [4.69, 9.17) is 10.8 Å². The molecule has 0 aromatic heterocycles. The number of nitrogen functional groups attached to an aromatic ring is 1. The Kier molecular flexibility index (Phi) is 4.42. The lowest BCUT2D eigenvalue weighted by atomic mass is 10.0. The number of Topliss-reactive ketones (excluding diaryl/α,β-unsaturated/α-hetero) is 1. The van der Waals surface area contributed by atoms with Gasteiger partial charge >= 0.3 is 5.97 Å². The summed E-state index contributed by atoms with van der Waals surface area (Å²) in [5.74, 6) is -2.18. The molecular formula is C12H14N2O4. The number of carbonyl (C=O) groups is 3. The minimum absolute atomic E-state index is 0.258. The minimum atomic E-state index is -1.26. The van der Waals surface area contributed by atoms with Crippen LogP contribution in [0.25, 0.3) is 0 Å². The zero-order valence-corrected chi connectivity index (χ0v) is 9.84. The van der Waals surface area contributed by atoms with Gasteiger partial charge in [-0.1, -0.05) is 12.1 Å². The number of amides is 1. The molecule has 1 aromatic rings. The maximum Gasteiger partial charge on any atom is 0.326 e. The van der Waals surface area contributed by atoms with Gasteiger partial charge in [0.2, 0.25) is 5.91 Å². The van der Waals surface area contributed by atoms with Gasteiger partial charge in [0.25, 0.3) is 0 Å². The highest BCUT2D eigenvalue weighted by Gasteiger charge is 2.23. The number of anilines is 1. The van der Waals surface area contributed by atoms with Crippen LogP contribution >= 0.6 is 0 Å². The van der Waals surface area contributed by atoms with Crippen LogP contribution in [0.4, 0.5) is 5.69 Å². The molecule has 0 aliphatic heterocycles. The SMILES string of the molecule is CC(=O)N[C@@H](CC(=O)c1ccccc1N)C(=O)O. The number of benzene rings is 1. The standard InChI is InChI=1S/C12H14N2O4/c1-7(15)14-10(12(17)18)6-11(16)8-4-2-3-5-9(8)13/h2-5,10H,6,13H2,1H3,(H,14,15)(H,17,18)/t10-/m0/s1. The number of ketones is 1. The maximum absolute atomic E-state index is 11.9. The average molecular weight is 250 g/mol. The maximum atomic E-state index is 11.9. The summed E-state index contributed by atoms with van der Waals surface area (Å²) in [6, 6.07) is 5.15. The topological polar surface area (TPSA) is 109 Å². The van der Waals surface area contributed by atoms with Crippen LogP contribution in [0.2, 0.25) is 0 Å². The number of aliphatic carboxylic acids is 1. The van der Waals surface area contributed by atoms with E-state index in [0.717, 1.165) is 0 Å². The molecular weight excluding hydrogens is 236 g/mol. The number of para-hydroxylation sites is 1. The molecule has 0 unspecified atom stereocenters. The fraction of sp³-hybridized carbons (Fsp3) is 0.250. The molecule has 0 spiro atoms. The molecule has 0 aliphatic carbocycles. The molecule has 0 bridgehead atoms. The summed E-state index contributed by atoms with van der Waals surface area (Å²) in [5.41, 5.74) is 6.16. The zero-order chi connectivity index (χ0) is 13.7. The Morgan fingerprint density at radius 3 is 2.44 bits per heavy atom. The van der Waals surface area contributed by atoms with E-state index < -0.39 is 23.7 Å². The molecule has 0 heterocycles. The van der Waals surface area contributed by atoms with Crippen molar-refractivity contribution in [3.63, 3.8) is 0 Å². The molecule has 18 heavy (non-hydrogen) atoms. The molecule has 1 amide bonds. The number of carbonyl (C=O) groups excluding carboxylic acids is 2. The van der Waals surface area contributed by atoms with Crippen LogP contribution < -0.4 is 11.1 Å². The van der Waals surface area contributed by atoms with Crippen LogP contribution in [0.5, 0.6) is 0 Å². The van der Waals surface area contributed by atoms with Crippen molar-refractivity contribution in [1.29, 1.82) is 0 Å². The van der Waals surface area contributed by atoms with E-state index in [2.05, 4.69) is 5.32 Å². The molecule has 1 rings (SSSR count). The summed E-state index contributed by atoms with van der Waals surface area (Å²) < 4.78 is 0. The first-order chi connectivity index (χ1) is 8.41. The van der Waals surface area contributed by atoms with Gasteiger partial charge < -0.3 is 16.2 Å². The van der Waals surface area contributed by atoms with Gasteiger partial charge in [0, 0.05) is 24.6 Å². The van der Waals surface area contributed by atoms with Crippen molar-refractivity contribution in [2.75, 3.05) is 5.73 Å². The second-order valence-corrected chi connectivity index (χ2v) is 3.81. The predicted octanol–water partition coefficient (Wildman–Crippen LogP) is 0.431. The van der Waals surface area contributed by atoms with Gasteiger partial charge in [0.05, 0.1) is 0 Å². The summed E-state index contributed by atoms with van der Waals surface area (Å²) in [7, 11) is 0. The lowest BCUT2D eigenvalue weighted by molar-refractivity contribution is -0.141. The zero-order valence-electron chi connectivity index (χ0n) is 9.84. The number of hydrogen-bond acceptors (Lipinski definition) is 4. The average Bonchev–Trinajstić information content (AvgIpc) is 2.27. The molecule has 0 fully saturated rings. The molecule has 96 valence electrons. The van der Waals surface area contributed by atoms with E-state index in [-0.39, 0.29) is 17.7 Å². The summed E-state index contributed by atoms with van der Waals surface area (Å²) >= 11 is 0. The number of carboxylic acid groups (broad SMARTS) is 1. The Balaban J connectivity index is 2.82. The van der Waals surface area contributed by atoms with Crippen molar-refractivity contribution in [1.82, 2.24) is 5.32 Å². The van der Waals surface area contributed by atoms with Gasteiger partial charge in [-0.2, -0.15) is 0 Å². The Morgan fingerprint density at radius 2 is 1.94 bits per heavy atom. The summed E-state index contributed by atoms with van der Waals surface area (Å²) in [5, 5.41) is 11.1. The lowest BCUT2D eigenvalue weighted by Crippen LogP contribution is -2.41. The highest BCUT2D eigenvalue weighted by Crippen LogP contribution is 2.14. The van der Waals surface area contributed by atoms with E-state index >= 15 is 0 Å². The van der Waals surface area contributed by atoms with Gasteiger partial charge in [-0.05, 0) is 12.1 Å². The summed E-state index contributed by atoms with van der Waals surface area (Å²) in [6.45, 7) is 1.19. The number of nitrogens with one attached hydrogen (secondary N) is 1. The van der Waals surface area contributed by atoms with Gasteiger partial charge in [-0.15, -0.1) is 0 Å². The molecule has 4 N–H and O–H groups in total. The Bertz CT molecular complexity index is 485. The van der Waals surface area contributed by atoms with Gasteiger partial charge in [0.1, 0.15) is 6.04 Å². The van der Waals surface area contributed by atoms with Crippen molar-refractivity contribution < 1.29 is 19.5 Å². The third-order valence-corrected chi connectivity index (χ3v) is 2.33. The van der Waals surface area contributed by atoms with E-state index in [1.165, 1.54) is 13.0 Å². The first kappa shape index (κ1) is 13.7. The number of nitrogens with two attached hydrogens (primary N) is 1. The molecule has 0 radical (unpaired) electrons. The second kappa shape index (κ2) is 5.81. The van der Waals surface area contributed by atoms with Crippen molar-refractivity contribution in [2.45, 2.75) is 19.4 Å². The lowest BCUT2D eigenvalue weighted by Gasteiger charge is -2.12. The van der Waals surface area contributed by atoms with Gasteiger partial charge in [-0.3, -0.25) is 9.59 Å². The van der Waals surface area contributed by atoms with Crippen LogP contribution in [0.1, 0.15) is 23.7 Å². The van der Waals surface area contributed by atoms with Crippen molar-refractivity contribution in [3.05, 3.63) is 29.8 Å². The number of carboxylic acids is 1. The summed E-state index contributed by atoms with van der Waals surface area (Å²) in [4.78, 5) is 33.6. The van der Waals surface area contributed by atoms with Gasteiger partial charge in [-0.25, -0.2) is 4.79 Å². The fourth-order valence-corrected chi connectivity index (χ4v) is 1.49. The number of rotatable bonds is 5. The second-order valence-electron chi connectivity index (χ2n) is 3.81. The van der Waals surface area contributed by atoms with Crippen LogP contribution in [-0.4, -0.2) is 28.8 Å². The third kappa shape index (κ3) is 3.58. The molecule has 0 saturated heterocycles.